The van der Waals surface area contributed by atoms with Crippen LogP contribution in [0.5, 0.6) is 0 Å². The van der Waals surface area contributed by atoms with E-state index in [4.69, 9.17) is 0 Å². The molecule has 14 heavy (non-hydrogen) atoms. The Balaban J connectivity index is 2.57. The molecule has 0 N–H and O–H groups in total. The highest BCUT2D eigenvalue weighted by molar-refractivity contribution is 7.91. The first-order chi connectivity index (χ1) is 6.59. The molecule has 1 aliphatic rings. The molecular formula is C10H19NO2S. The number of hydrogen-bond donors (Lipinski definition) is 0. The highest BCUT2D eigenvalue weighted by Gasteiger charge is 2.31. The maximum Gasteiger partial charge on any atom is 0.151 e. The van der Waals surface area contributed by atoms with Crippen molar-refractivity contribution in [3.8, 4) is 0 Å². The molecule has 1 aliphatic heterocycles. The molecule has 1 rings (SSSR count). The zero-order valence-electron chi connectivity index (χ0n) is 8.78. The Labute approximate surface area is 86.7 Å². The first kappa shape index (κ1) is 11.7. The van der Waals surface area contributed by atoms with Gasteiger partial charge in [-0.3, -0.25) is 4.90 Å². The summed E-state index contributed by atoms with van der Waals surface area (Å²) >= 11 is 0. The third-order valence-corrected chi connectivity index (χ3v) is 4.35. The van der Waals surface area contributed by atoms with Crippen molar-refractivity contribution in [1.82, 2.24) is 4.90 Å². The maximum atomic E-state index is 11.3. The second kappa shape index (κ2) is 4.94. The van der Waals surface area contributed by atoms with Gasteiger partial charge in [-0.15, -0.1) is 6.58 Å². The van der Waals surface area contributed by atoms with E-state index in [1.165, 1.54) is 0 Å². The zero-order chi connectivity index (χ0) is 10.6. The molecule has 3 nitrogen and oxygen atoms in total. The minimum Gasteiger partial charge on any atom is -0.296 e. The number of nitrogens with zero attached hydrogens (tertiary/aromatic N) is 1. The van der Waals surface area contributed by atoms with Gasteiger partial charge in [0, 0.05) is 12.6 Å². The van der Waals surface area contributed by atoms with Crippen LogP contribution in [-0.2, 0) is 9.84 Å². The fraction of sp³-hybridized carbons (Fsp3) is 0.800. The van der Waals surface area contributed by atoms with E-state index in [9.17, 15) is 8.42 Å². The van der Waals surface area contributed by atoms with Crippen LogP contribution in [0.25, 0.3) is 0 Å². The van der Waals surface area contributed by atoms with Crippen LogP contribution in [0.15, 0.2) is 12.7 Å². The molecule has 82 valence electrons. The van der Waals surface area contributed by atoms with E-state index in [0.717, 1.165) is 25.9 Å². The Hall–Kier alpha value is -0.350. The maximum absolute atomic E-state index is 11.3. The third kappa shape index (κ3) is 3.10. The van der Waals surface area contributed by atoms with Crippen molar-refractivity contribution in [3.05, 3.63) is 12.7 Å². The average Bonchev–Trinajstić information content (AvgIpc) is 2.46. The summed E-state index contributed by atoms with van der Waals surface area (Å²) in [6.45, 7) is 7.57. The topological polar surface area (TPSA) is 37.4 Å². The van der Waals surface area contributed by atoms with Gasteiger partial charge >= 0.3 is 0 Å². The van der Waals surface area contributed by atoms with Gasteiger partial charge in [-0.1, -0.05) is 13.0 Å². The zero-order valence-corrected chi connectivity index (χ0v) is 9.59. The van der Waals surface area contributed by atoms with Gasteiger partial charge in [0.25, 0.3) is 0 Å². The molecule has 0 aromatic carbocycles. The molecule has 4 heteroatoms. The van der Waals surface area contributed by atoms with E-state index >= 15 is 0 Å². The lowest BCUT2D eigenvalue weighted by atomic mass is 10.2. The van der Waals surface area contributed by atoms with Crippen LogP contribution in [0.2, 0.25) is 0 Å². The van der Waals surface area contributed by atoms with Crippen LogP contribution in [0.4, 0.5) is 0 Å². The lowest BCUT2D eigenvalue weighted by Gasteiger charge is -2.25. The van der Waals surface area contributed by atoms with Gasteiger partial charge in [0.1, 0.15) is 0 Å². The summed E-state index contributed by atoms with van der Waals surface area (Å²) in [5.41, 5.74) is 0. The quantitative estimate of drug-likeness (QED) is 0.647. The second-order valence-electron chi connectivity index (χ2n) is 3.84. The smallest absolute Gasteiger partial charge is 0.151 e. The molecular weight excluding hydrogens is 198 g/mol. The molecule has 0 radical (unpaired) electrons. The molecule has 0 spiro atoms. The molecule has 0 aromatic rings. The lowest BCUT2D eigenvalue weighted by molar-refractivity contribution is 0.236. The van der Waals surface area contributed by atoms with Gasteiger partial charge in [0.2, 0.25) is 0 Å². The molecule has 0 bridgehead atoms. The molecule has 0 aromatic heterocycles. The van der Waals surface area contributed by atoms with Gasteiger partial charge in [0.15, 0.2) is 9.84 Å². The largest absolute Gasteiger partial charge is 0.296 e. The Morgan fingerprint density at radius 3 is 2.71 bits per heavy atom. The van der Waals surface area contributed by atoms with Crippen LogP contribution in [-0.4, -0.2) is 44.0 Å². The van der Waals surface area contributed by atoms with Crippen molar-refractivity contribution in [2.45, 2.75) is 25.8 Å². The van der Waals surface area contributed by atoms with E-state index < -0.39 is 9.84 Å². The van der Waals surface area contributed by atoms with Crippen molar-refractivity contribution in [3.63, 3.8) is 0 Å². The van der Waals surface area contributed by atoms with E-state index in [1.54, 1.807) is 0 Å². The van der Waals surface area contributed by atoms with E-state index in [2.05, 4.69) is 18.4 Å². The standard InChI is InChI=1S/C10H19NO2S/c1-3-6-11(7-4-2)10-5-8-14(12,13)9-10/h3,10H,1,4-9H2,2H3. The fourth-order valence-electron chi connectivity index (χ4n) is 1.94. The predicted molar refractivity (Wildman–Crippen MR) is 59.1 cm³/mol. The normalized spacial score (nSPS) is 25.4. The highest BCUT2D eigenvalue weighted by atomic mass is 32.2. The second-order valence-corrected chi connectivity index (χ2v) is 6.07. The Morgan fingerprint density at radius 1 is 1.57 bits per heavy atom. The van der Waals surface area contributed by atoms with Crippen molar-refractivity contribution in [1.29, 1.82) is 0 Å². The van der Waals surface area contributed by atoms with Crippen molar-refractivity contribution < 1.29 is 8.42 Å². The minimum atomic E-state index is -2.75. The Kier molecular flexibility index (Phi) is 4.13. The molecule has 1 atom stereocenters. The molecule has 1 saturated heterocycles. The molecule has 1 unspecified atom stereocenters. The molecule has 1 fully saturated rings. The minimum absolute atomic E-state index is 0.220. The van der Waals surface area contributed by atoms with Gasteiger partial charge in [-0.25, -0.2) is 8.42 Å². The van der Waals surface area contributed by atoms with Crippen LogP contribution in [0.1, 0.15) is 19.8 Å². The first-order valence-electron chi connectivity index (χ1n) is 5.14. The van der Waals surface area contributed by atoms with Crippen molar-refractivity contribution in [2.75, 3.05) is 24.6 Å². The summed E-state index contributed by atoms with van der Waals surface area (Å²) in [6.07, 6.45) is 3.70. The van der Waals surface area contributed by atoms with E-state index in [-0.39, 0.29) is 6.04 Å². The summed E-state index contributed by atoms with van der Waals surface area (Å²) in [5.74, 6) is 0.690. The Bertz CT molecular complexity index is 284. The number of rotatable bonds is 5. The molecule has 0 saturated carbocycles. The summed E-state index contributed by atoms with van der Waals surface area (Å²) in [7, 11) is -2.75. The SMILES string of the molecule is C=CCN(CCC)C1CCS(=O)(=O)C1. The highest BCUT2D eigenvalue weighted by Crippen LogP contribution is 2.17. The summed E-state index contributed by atoms with van der Waals surface area (Å²) in [4.78, 5) is 2.22. The van der Waals surface area contributed by atoms with Crippen LogP contribution in [0, 0.1) is 0 Å². The van der Waals surface area contributed by atoms with E-state index in [1.807, 2.05) is 6.08 Å². The summed E-state index contributed by atoms with van der Waals surface area (Å²) in [6, 6.07) is 0.220. The fourth-order valence-corrected chi connectivity index (χ4v) is 3.70. The van der Waals surface area contributed by atoms with Crippen LogP contribution in [0.3, 0.4) is 0 Å². The van der Waals surface area contributed by atoms with Crippen LogP contribution >= 0.6 is 0 Å². The van der Waals surface area contributed by atoms with E-state index in [0.29, 0.717) is 11.5 Å². The van der Waals surface area contributed by atoms with Gasteiger partial charge in [-0.05, 0) is 19.4 Å². The number of sulfone groups is 1. The lowest BCUT2D eigenvalue weighted by Crippen LogP contribution is -2.36. The van der Waals surface area contributed by atoms with Crippen molar-refractivity contribution >= 4 is 9.84 Å². The molecule has 0 amide bonds. The predicted octanol–water partition coefficient (Wildman–Crippen LogP) is 1.07. The Morgan fingerprint density at radius 2 is 2.29 bits per heavy atom. The van der Waals surface area contributed by atoms with Gasteiger partial charge < -0.3 is 0 Å². The van der Waals surface area contributed by atoms with Crippen molar-refractivity contribution in [2.24, 2.45) is 0 Å². The summed E-state index contributed by atoms with van der Waals surface area (Å²) < 4.78 is 22.6. The molecule has 1 heterocycles. The first-order valence-corrected chi connectivity index (χ1v) is 6.96. The van der Waals surface area contributed by atoms with Crippen LogP contribution < -0.4 is 0 Å². The monoisotopic (exact) mass is 217 g/mol. The van der Waals surface area contributed by atoms with Gasteiger partial charge in [0.05, 0.1) is 11.5 Å². The third-order valence-electron chi connectivity index (χ3n) is 2.60. The average molecular weight is 217 g/mol. The summed E-state index contributed by atoms with van der Waals surface area (Å²) in [5, 5.41) is 0. The molecule has 0 aliphatic carbocycles. The van der Waals surface area contributed by atoms with Gasteiger partial charge in [-0.2, -0.15) is 0 Å². The number of hydrogen-bond acceptors (Lipinski definition) is 3.